The molecule has 0 radical (unpaired) electrons. The lowest BCUT2D eigenvalue weighted by atomic mass is 10.1. The number of methoxy groups -OCH3 is 1. The minimum atomic E-state index is -0.00564. The van der Waals surface area contributed by atoms with Crippen LogP contribution in [0.25, 0.3) is 0 Å². The lowest BCUT2D eigenvalue weighted by molar-refractivity contribution is 0.406. The van der Waals surface area contributed by atoms with Crippen molar-refractivity contribution < 1.29 is 9.84 Å². The summed E-state index contributed by atoms with van der Waals surface area (Å²) in [4.78, 5) is 0. The van der Waals surface area contributed by atoms with Gasteiger partial charge in [0, 0.05) is 21.8 Å². The van der Waals surface area contributed by atoms with E-state index >= 15 is 0 Å². The first kappa shape index (κ1) is 14.7. The molecule has 0 aromatic heterocycles. The summed E-state index contributed by atoms with van der Waals surface area (Å²) in [6, 6.07) is 11.4. The third-order valence-electron chi connectivity index (χ3n) is 3.28. The van der Waals surface area contributed by atoms with Crippen LogP contribution in [0.4, 0.5) is 5.69 Å². The fraction of sp³-hybridized carbons (Fsp3) is 0.250. The molecule has 0 saturated carbocycles. The Morgan fingerprint density at radius 2 is 1.95 bits per heavy atom. The molecule has 20 heavy (non-hydrogen) atoms. The van der Waals surface area contributed by atoms with Gasteiger partial charge in [0.2, 0.25) is 0 Å². The lowest BCUT2D eigenvalue weighted by Crippen LogP contribution is -2.08. The highest BCUT2D eigenvalue weighted by molar-refractivity contribution is 9.10. The molecule has 1 unspecified atom stereocenters. The summed E-state index contributed by atoms with van der Waals surface area (Å²) in [7, 11) is 1.58. The minimum Gasteiger partial charge on any atom is -0.507 e. The number of phenolic OH excluding ortho intramolecular Hbond substituents is 1. The predicted octanol–water partition coefficient (Wildman–Crippen LogP) is 4.64. The molecule has 2 rings (SSSR count). The average molecular weight is 336 g/mol. The molecule has 0 bridgehead atoms. The van der Waals surface area contributed by atoms with Gasteiger partial charge in [-0.1, -0.05) is 22.0 Å². The van der Waals surface area contributed by atoms with Crippen molar-refractivity contribution in [2.45, 2.75) is 19.9 Å². The van der Waals surface area contributed by atoms with E-state index in [-0.39, 0.29) is 11.8 Å². The van der Waals surface area contributed by atoms with Crippen LogP contribution in [0.5, 0.6) is 11.5 Å². The number of aromatic hydroxyl groups is 1. The number of aryl methyl sites for hydroxylation is 1. The average Bonchev–Trinajstić information content (AvgIpc) is 2.42. The molecule has 2 N–H and O–H groups in total. The van der Waals surface area contributed by atoms with Crippen molar-refractivity contribution in [3.8, 4) is 11.5 Å². The van der Waals surface area contributed by atoms with E-state index < -0.39 is 0 Å². The summed E-state index contributed by atoms with van der Waals surface area (Å²) in [5.41, 5.74) is 3.04. The number of ether oxygens (including phenoxy) is 1. The monoisotopic (exact) mass is 335 g/mol. The number of anilines is 1. The normalized spacial score (nSPS) is 12.0. The van der Waals surface area contributed by atoms with Crippen LogP contribution in [-0.4, -0.2) is 12.2 Å². The zero-order valence-electron chi connectivity index (χ0n) is 11.8. The van der Waals surface area contributed by atoms with Gasteiger partial charge in [0.1, 0.15) is 11.5 Å². The van der Waals surface area contributed by atoms with Crippen molar-refractivity contribution in [2.75, 3.05) is 12.4 Å². The number of hydrogen-bond acceptors (Lipinski definition) is 3. The Labute approximate surface area is 127 Å². The van der Waals surface area contributed by atoms with Crippen LogP contribution in [0, 0.1) is 6.92 Å². The third-order valence-corrected chi connectivity index (χ3v) is 3.77. The molecular formula is C16H18BrNO2. The Bertz CT molecular complexity index is 613. The Kier molecular flexibility index (Phi) is 4.55. The van der Waals surface area contributed by atoms with Gasteiger partial charge in [-0.05, 0) is 43.7 Å². The Morgan fingerprint density at radius 1 is 1.20 bits per heavy atom. The summed E-state index contributed by atoms with van der Waals surface area (Å²) < 4.78 is 6.12. The zero-order chi connectivity index (χ0) is 14.7. The van der Waals surface area contributed by atoms with Gasteiger partial charge in [-0.25, -0.2) is 0 Å². The molecule has 1 atom stereocenters. The van der Waals surface area contributed by atoms with E-state index in [0.717, 1.165) is 21.3 Å². The van der Waals surface area contributed by atoms with Crippen molar-refractivity contribution >= 4 is 21.6 Å². The van der Waals surface area contributed by atoms with E-state index in [9.17, 15) is 5.11 Å². The van der Waals surface area contributed by atoms with Gasteiger partial charge < -0.3 is 15.2 Å². The molecule has 2 aromatic carbocycles. The second-order valence-electron chi connectivity index (χ2n) is 4.75. The van der Waals surface area contributed by atoms with Gasteiger partial charge in [-0.2, -0.15) is 0 Å². The molecule has 0 saturated heterocycles. The topological polar surface area (TPSA) is 41.5 Å². The number of hydrogen-bond donors (Lipinski definition) is 2. The van der Waals surface area contributed by atoms with Gasteiger partial charge in [0.05, 0.1) is 13.2 Å². The molecule has 3 nitrogen and oxygen atoms in total. The maximum absolute atomic E-state index is 10.1. The molecule has 4 heteroatoms. The Balaban J connectivity index is 2.23. The molecule has 0 spiro atoms. The first-order chi connectivity index (χ1) is 9.51. The van der Waals surface area contributed by atoms with Crippen molar-refractivity contribution in [2.24, 2.45) is 0 Å². The molecule has 0 aliphatic heterocycles. The summed E-state index contributed by atoms with van der Waals surface area (Å²) in [6.07, 6.45) is 0. The summed E-state index contributed by atoms with van der Waals surface area (Å²) >= 11 is 3.47. The Morgan fingerprint density at radius 3 is 2.60 bits per heavy atom. The van der Waals surface area contributed by atoms with Crippen LogP contribution in [0.3, 0.4) is 0 Å². The molecule has 106 valence electrons. The molecule has 0 aliphatic rings. The van der Waals surface area contributed by atoms with Crippen molar-refractivity contribution in [1.82, 2.24) is 0 Å². The standard InChI is InChI=1S/C16H18BrNO2/c1-10-4-5-12(17)8-15(10)18-11(2)14-7-6-13(20-3)9-16(14)19/h4-9,11,18-19H,1-3H3. The van der Waals surface area contributed by atoms with E-state index in [4.69, 9.17) is 4.74 Å². The van der Waals surface area contributed by atoms with E-state index in [1.165, 1.54) is 0 Å². The van der Waals surface area contributed by atoms with Crippen LogP contribution in [-0.2, 0) is 0 Å². The fourth-order valence-electron chi connectivity index (χ4n) is 2.08. The van der Waals surface area contributed by atoms with E-state index in [0.29, 0.717) is 5.75 Å². The third kappa shape index (κ3) is 3.25. The predicted molar refractivity (Wildman–Crippen MR) is 85.6 cm³/mol. The van der Waals surface area contributed by atoms with Crippen molar-refractivity contribution in [1.29, 1.82) is 0 Å². The number of halogens is 1. The summed E-state index contributed by atoms with van der Waals surface area (Å²) in [5.74, 6) is 0.883. The molecule has 0 amide bonds. The number of benzene rings is 2. The smallest absolute Gasteiger partial charge is 0.124 e. The molecule has 0 fully saturated rings. The minimum absolute atomic E-state index is 0.00564. The fourth-order valence-corrected chi connectivity index (χ4v) is 2.44. The molecule has 2 aromatic rings. The zero-order valence-corrected chi connectivity index (χ0v) is 13.4. The quantitative estimate of drug-likeness (QED) is 0.854. The maximum Gasteiger partial charge on any atom is 0.124 e. The lowest BCUT2D eigenvalue weighted by Gasteiger charge is -2.19. The van der Waals surface area contributed by atoms with Gasteiger partial charge in [-0.3, -0.25) is 0 Å². The second kappa shape index (κ2) is 6.18. The number of phenols is 1. The molecular weight excluding hydrogens is 318 g/mol. The van der Waals surface area contributed by atoms with Crippen molar-refractivity contribution in [3.63, 3.8) is 0 Å². The van der Waals surface area contributed by atoms with E-state index in [2.05, 4.69) is 28.2 Å². The number of nitrogens with one attached hydrogen (secondary N) is 1. The largest absolute Gasteiger partial charge is 0.507 e. The maximum atomic E-state index is 10.1. The Hall–Kier alpha value is -1.68. The van der Waals surface area contributed by atoms with Crippen LogP contribution in [0.1, 0.15) is 24.1 Å². The number of rotatable bonds is 4. The first-order valence-corrected chi connectivity index (χ1v) is 7.20. The van der Waals surface area contributed by atoms with Crippen LogP contribution in [0.2, 0.25) is 0 Å². The summed E-state index contributed by atoms with van der Waals surface area (Å²) in [6.45, 7) is 4.07. The van der Waals surface area contributed by atoms with E-state index in [1.807, 2.05) is 37.3 Å². The second-order valence-corrected chi connectivity index (χ2v) is 5.67. The van der Waals surface area contributed by atoms with Crippen LogP contribution < -0.4 is 10.1 Å². The van der Waals surface area contributed by atoms with Crippen molar-refractivity contribution in [3.05, 3.63) is 52.0 Å². The van der Waals surface area contributed by atoms with Crippen LogP contribution >= 0.6 is 15.9 Å². The van der Waals surface area contributed by atoms with Gasteiger partial charge in [-0.15, -0.1) is 0 Å². The molecule has 0 heterocycles. The highest BCUT2D eigenvalue weighted by Crippen LogP contribution is 2.31. The first-order valence-electron chi connectivity index (χ1n) is 6.41. The molecule has 0 aliphatic carbocycles. The SMILES string of the molecule is COc1ccc(C(C)Nc2cc(Br)ccc2C)c(O)c1. The van der Waals surface area contributed by atoms with Gasteiger partial charge in [0.25, 0.3) is 0 Å². The van der Waals surface area contributed by atoms with Gasteiger partial charge >= 0.3 is 0 Å². The van der Waals surface area contributed by atoms with E-state index in [1.54, 1.807) is 13.2 Å². The summed E-state index contributed by atoms with van der Waals surface area (Å²) in [5, 5.41) is 13.5. The highest BCUT2D eigenvalue weighted by atomic mass is 79.9. The highest BCUT2D eigenvalue weighted by Gasteiger charge is 2.12. The van der Waals surface area contributed by atoms with Gasteiger partial charge in [0.15, 0.2) is 0 Å². The van der Waals surface area contributed by atoms with Crippen LogP contribution in [0.15, 0.2) is 40.9 Å².